The van der Waals surface area contributed by atoms with E-state index >= 15 is 0 Å². The number of carbonyl (C=O) groups is 1. The van der Waals surface area contributed by atoms with Crippen LogP contribution in [-0.2, 0) is 11.3 Å². The Labute approximate surface area is 161 Å². The third-order valence-corrected chi connectivity index (χ3v) is 5.15. The highest BCUT2D eigenvalue weighted by Gasteiger charge is 2.20. The van der Waals surface area contributed by atoms with E-state index in [0.29, 0.717) is 17.6 Å². The second kappa shape index (κ2) is 7.10. The van der Waals surface area contributed by atoms with Gasteiger partial charge in [-0.15, -0.1) is 0 Å². The molecule has 0 amide bonds. The van der Waals surface area contributed by atoms with Crippen molar-refractivity contribution in [3.63, 3.8) is 0 Å². The van der Waals surface area contributed by atoms with Gasteiger partial charge in [-0.25, -0.2) is 9.78 Å². The van der Waals surface area contributed by atoms with Crippen molar-refractivity contribution in [2.45, 2.75) is 6.54 Å². The van der Waals surface area contributed by atoms with E-state index < -0.39 is 0 Å². The standard InChI is InChI=1S/C17H14BrIN2O3/c1-23-11-5-3-10(4-6-11)8-21-9-20-15-14(17(22)24-2)13(19)7-12(18)16(15)21/h3-7,9H,8H2,1-2H3. The Hall–Kier alpha value is -1.61. The van der Waals surface area contributed by atoms with Crippen molar-refractivity contribution in [2.24, 2.45) is 0 Å². The van der Waals surface area contributed by atoms with Gasteiger partial charge in [0, 0.05) is 14.6 Å². The molecule has 5 nitrogen and oxygen atoms in total. The average molecular weight is 501 g/mol. The van der Waals surface area contributed by atoms with E-state index in [4.69, 9.17) is 9.47 Å². The lowest BCUT2D eigenvalue weighted by Gasteiger charge is -2.09. The topological polar surface area (TPSA) is 53.3 Å². The van der Waals surface area contributed by atoms with Gasteiger partial charge in [-0.1, -0.05) is 12.1 Å². The Bertz CT molecular complexity index is 906. The first kappa shape index (κ1) is 17.2. The first-order valence-electron chi connectivity index (χ1n) is 7.09. The number of aromatic nitrogens is 2. The maximum absolute atomic E-state index is 12.1. The van der Waals surface area contributed by atoms with Gasteiger partial charge in [0.15, 0.2) is 0 Å². The summed E-state index contributed by atoms with van der Waals surface area (Å²) in [5, 5.41) is 0. The molecule has 2 aromatic carbocycles. The van der Waals surface area contributed by atoms with Crippen molar-refractivity contribution in [2.75, 3.05) is 14.2 Å². The van der Waals surface area contributed by atoms with E-state index in [2.05, 4.69) is 43.5 Å². The number of hydrogen-bond donors (Lipinski definition) is 0. The van der Waals surface area contributed by atoms with Gasteiger partial charge < -0.3 is 14.0 Å². The van der Waals surface area contributed by atoms with Crippen LogP contribution in [0.2, 0.25) is 0 Å². The first-order valence-corrected chi connectivity index (χ1v) is 8.96. The highest BCUT2D eigenvalue weighted by atomic mass is 127. The largest absolute Gasteiger partial charge is 0.497 e. The summed E-state index contributed by atoms with van der Waals surface area (Å²) in [5.74, 6) is 0.435. The summed E-state index contributed by atoms with van der Waals surface area (Å²) in [6.45, 7) is 0.639. The highest BCUT2D eigenvalue weighted by molar-refractivity contribution is 14.1. The van der Waals surface area contributed by atoms with E-state index in [-0.39, 0.29) is 5.97 Å². The van der Waals surface area contributed by atoms with Crippen LogP contribution in [0.25, 0.3) is 11.0 Å². The molecule has 1 heterocycles. The molecule has 3 rings (SSSR count). The van der Waals surface area contributed by atoms with E-state index in [9.17, 15) is 4.79 Å². The number of esters is 1. The monoisotopic (exact) mass is 500 g/mol. The van der Waals surface area contributed by atoms with Crippen molar-refractivity contribution in [1.82, 2.24) is 9.55 Å². The lowest BCUT2D eigenvalue weighted by molar-refractivity contribution is 0.0601. The Kier molecular flexibility index (Phi) is 5.09. The van der Waals surface area contributed by atoms with Gasteiger partial charge in [0.25, 0.3) is 0 Å². The summed E-state index contributed by atoms with van der Waals surface area (Å²) in [6, 6.07) is 9.76. The zero-order chi connectivity index (χ0) is 17.3. The van der Waals surface area contributed by atoms with Crippen LogP contribution in [0.5, 0.6) is 5.75 Å². The summed E-state index contributed by atoms with van der Waals surface area (Å²) in [7, 11) is 3.02. The molecule has 0 bridgehead atoms. The normalized spacial score (nSPS) is 10.8. The van der Waals surface area contributed by atoms with Gasteiger partial charge in [0.05, 0.1) is 26.1 Å². The number of ether oxygens (including phenoxy) is 2. The second-order valence-electron chi connectivity index (χ2n) is 5.12. The van der Waals surface area contributed by atoms with Gasteiger partial charge in [0.1, 0.15) is 16.8 Å². The third kappa shape index (κ3) is 3.14. The van der Waals surface area contributed by atoms with Crippen molar-refractivity contribution >= 4 is 55.5 Å². The summed E-state index contributed by atoms with van der Waals surface area (Å²) in [6.07, 6.45) is 1.74. The molecule has 0 aliphatic rings. The number of imidazole rings is 1. The number of methoxy groups -OCH3 is 2. The Morgan fingerprint density at radius 3 is 2.62 bits per heavy atom. The van der Waals surface area contributed by atoms with Gasteiger partial charge >= 0.3 is 5.97 Å². The Morgan fingerprint density at radius 2 is 2.00 bits per heavy atom. The molecule has 0 radical (unpaired) electrons. The molecule has 0 fully saturated rings. The van der Waals surface area contributed by atoms with Crippen molar-refractivity contribution in [3.8, 4) is 5.75 Å². The van der Waals surface area contributed by atoms with Crippen LogP contribution in [0, 0.1) is 3.57 Å². The zero-order valence-corrected chi connectivity index (χ0v) is 16.8. The zero-order valence-electron chi connectivity index (χ0n) is 13.0. The summed E-state index contributed by atoms with van der Waals surface area (Å²) in [4.78, 5) is 16.5. The fourth-order valence-corrected chi connectivity index (χ4v) is 4.38. The fraction of sp³-hybridized carbons (Fsp3) is 0.176. The van der Waals surface area contributed by atoms with E-state index in [1.54, 1.807) is 13.4 Å². The minimum atomic E-state index is -0.383. The van der Waals surface area contributed by atoms with Crippen LogP contribution in [0.4, 0.5) is 0 Å². The third-order valence-electron chi connectivity index (χ3n) is 3.69. The van der Waals surface area contributed by atoms with Gasteiger partial charge in [-0.05, 0) is 62.3 Å². The van der Waals surface area contributed by atoms with Crippen LogP contribution in [0.3, 0.4) is 0 Å². The van der Waals surface area contributed by atoms with Crippen LogP contribution < -0.4 is 4.74 Å². The molecule has 0 spiro atoms. The SMILES string of the molecule is COC(=O)c1c(I)cc(Br)c2c1ncn2Cc1ccc(OC)cc1. The van der Waals surface area contributed by atoms with Crippen LogP contribution in [0.15, 0.2) is 41.1 Å². The molecule has 0 saturated heterocycles. The molecule has 124 valence electrons. The molecule has 0 unspecified atom stereocenters. The number of halogens is 2. The van der Waals surface area contributed by atoms with E-state index in [1.807, 2.05) is 34.9 Å². The number of nitrogens with zero attached hydrogens (tertiary/aromatic N) is 2. The molecule has 3 aromatic rings. The van der Waals surface area contributed by atoms with Gasteiger partial charge in [-0.3, -0.25) is 0 Å². The summed E-state index contributed by atoms with van der Waals surface area (Å²) < 4.78 is 13.8. The van der Waals surface area contributed by atoms with Crippen LogP contribution in [-0.4, -0.2) is 29.7 Å². The predicted molar refractivity (Wildman–Crippen MR) is 104 cm³/mol. The molecule has 0 aliphatic carbocycles. The van der Waals surface area contributed by atoms with Crippen LogP contribution in [0.1, 0.15) is 15.9 Å². The molecule has 0 aliphatic heterocycles. The van der Waals surface area contributed by atoms with Gasteiger partial charge in [-0.2, -0.15) is 0 Å². The first-order chi connectivity index (χ1) is 11.5. The Balaban J connectivity index is 2.07. The molecule has 24 heavy (non-hydrogen) atoms. The maximum Gasteiger partial charge on any atom is 0.341 e. The molecule has 0 N–H and O–H groups in total. The number of fused-ring (bicyclic) bond motifs is 1. The smallest absolute Gasteiger partial charge is 0.341 e. The minimum absolute atomic E-state index is 0.383. The minimum Gasteiger partial charge on any atom is -0.497 e. The fourth-order valence-electron chi connectivity index (χ4n) is 2.52. The van der Waals surface area contributed by atoms with Crippen molar-refractivity contribution < 1.29 is 14.3 Å². The lowest BCUT2D eigenvalue weighted by Crippen LogP contribution is -2.06. The number of carbonyl (C=O) groups excluding carboxylic acids is 1. The molecule has 0 saturated carbocycles. The number of benzene rings is 2. The maximum atomic E-state index is 12.1. The van der Waals surface area contributed by atoms with E-state index in [1.165, 1.54) is 7.11 Å². The second-order valence-corrected chi connectivity index (χ2v) is 7.14. The summed E-state index contributed by atoms with van der Waals surface area (Å²) >= 11 is 5.70. The highest BCUT2D eigenvalue weighted by Crippen LogP contribution is 2.31. The summed E-state index contributed by atoms with van der Waals surface area (Å²) in [5.41, 5.74) is 3.10. The molecule has 1 aromatic heterocycles. The van der Waals surface area contributed by atoms with Crippen molar-refractivity contribution in [3.05, 3.63) is 55.8 Å². The molecule has 7 heteroatoms. The number of rotatable bonds is 4. The molecular formula is C17H14BrIN2O3. The Morgan fingerprint density at radius 1 is 1.29 bits per heavy atom. The quantitative estimate of drug-likeness (QED) is 0.397. The number of hydrogen-bond acceptors (Lipinski definition) is 4. The predicted octanol–water partition coefficient (Wildman–Crippen LogP) is 4.25. The van der Waals surface area contributed by atoms with Gasteiger partial charge in [0.2, 0.25) is 0 Å². The molecular weight excluding hydrogens is 487 g/mol. The van der Waals surface area contributed by atoms with Crippen molar-refractivity contribution in [1.29, 1.82) is 0 Å². The van der Waals surface area contributed by atoms with Crippen LogP contribution >= 0.6 is 38.5 Å². The average Bonchev–Trinajstić information content (AvgIpc) is 2.99. The molecule has 0 atom stereocenters. The lowest BCUT2D eigenvalue weighted by atomic mass is 10.1. The van der Waals surface area contributed by atoms with E-state index in [0.717, 1.165) is 24.9 Å².